The minimum atomic E-state index is -0.814. The average molecular weight is 397 g/mol. The molecule has 1 heterocycles. The maximum atomic E-state index is 11.9. The van der Waals surface area contributed by atoms with E-state index >= 15 is 0 Å². The highest BCUT2D eigenvalue weighted by Gasteiger charge is 2.20. The van der Waals surface area contributed by atoms with Crippen LogP contribution in [0.4, 0.5) is 11.4 Å². The van der Waals surface area contributed by atoms with Gasteiger partial charge in [-0.15, -0.1) is 0 Å². The lowest BCUT2D eigenvalue weighted by molar-refractivity contribution is -0.384. The van der Waals surface area contributed by atoms with Crippen molar-refractivity contribution < 1.29 is 23.7 Å². The number of furan rings is 1. The Morgan fingerprint density at radius 2 is 2.00 bits per heavy atom. The number of esters is 1. The van der Waals surface area contributed by atoms with Crippen LogP contribution in [-0.4, -0.2) is 23.4 Å². The van der Waals surface area contributed by atoms with Crippen molar-refractivity contribution in [1.82, 2.24) is 0 Å². The fraction of sp³-hybridized carbons (Fsp3) is 0.200. The highest BCUT2D eigenvalue weighted by molar-refractivity contribution is 9.10. The monoisotopic (exact) mass is 396 g/mol. The molecule has 2 aromatic rings. The van der Waals surface area contributed by atoms with Crippen LogP contribution >= 0.6 is 15.9 Å². The third kappa shape index (κ3) is 3.99. The van der Waals surface area contributed by atoms with Crippen molar-refractivity contribution >= 4 is 39.2 Å². The summed E-state index contributed by atoms with van der Waals surface area (Å²) in [6.07, 6.45) is 0. The molecule has 2 rings (SSSR count). The van der Waals surface area contributed by atoms with E-state index in [0.717, 1.165) is 5.56 Å². The zero-order valence-corrected chi connectivity index (χ0v) is 14.4. The number of hydrogen-bond donors (Lipinski definition) is 1. The number of nitro benzene ring substituents is 1. The fourth-order valence-corrected chi connectivity index (χ4v) is 2.22. The van der Waals surface area contributed by atoms with Gasteiger partial charge in [-0.1, -0.05) is 6.07 Å². The quantitative estimate of drug-likeness (QED) is 0.471. The number of carbonyl (C=O) groups excluding carboxylic acids is 2. The Kier molecular flexibility index (Phi) is 5.35. The van der Waals surface area contributed by atoms with Crippen LogP contribution in [0, 0.1) is 24.0 Å². The van der Waals surface area contributed by atoms with Crippen LogP contribution in [0.5, 0.6) is 0 Å². The number of amides is 1. The van der Waals surface area contributed by atoms with E-state index in [1.165, 1.54) is 18.2 Å². The van der Waals surface area contributed by atoms with E-state index in [-0.39, 0.29) is 17.1 Å². The van der Waals surface area contributed by atoms with E-state index in [1.54, 1.807) is 19.9 Å². The van der Waals surface area contributed by atoms with Crippen molar-refractivity contribution in [2.75, 3.05) is 11.9 Å². The van der Waals surface area contributed by atoms with Gasteiger partial charge in [0.15, 0.2) is 11.3 Å². The summed E-state index contributed by atoms with van der Waals surface area (Å²) in [7, 11) is 0. The SMILES string of the molecule is Cc1ccc([N+](=O)[O-])c(NC(=O)COC(=O)c2ccc(Br)o2)c1C. The van der Waals surface area contributed by atoms with Crippen molar-refractivity contribution in [3.05, 3.63) is 55.9 Å². The third-order valence-electron chi connectivity index (χ3n) is 3.28. The second-order valence-electron chi connectivity index (χ2n) is 4.89. The number of rotatable bonds is 5. The Balaban J connectivity index is 2.06. The Morgan fingerprint density at radius 1 is 1.29 bits per heavy atom. The second-order valence-corrected chi connectivity index (χ2v) is 5.67. The van der Waals surface area contributed by atoms with Gasteiger partial charge in [-0.2, -0.15) is 0 Å². The van der Waals surface area contributed by atoms with E-state index in [2.05, 4.69) is 21.2 Å². The number of nitro groups is 1. The summed E-state index contributed by atoms with van der Waals surface area (Å²) in [6, 6.07) is 5.80. The molecule has 0 aliphatic heterocycles. The number of hydrogen-bond acceptors (Lipinski definition) is 6. The molecule has 1 N–H and O–H groups in total. The van der Waals surface area contributed by atoms with Gasteiger partial charge in [-0.25, -0.2) is 4.79 Å². The molecule has 0 fully saturated rings. The predicted molar refractivity (Wildman–Crippen MR) is 87.9 cm³/mol. The summed E-state index contributed by atoms with van der Waals surface area (Å²) in [4.78, 5) is 34.1. The zero-order chi connectivity index (χ0) is 17.9. The molecule has 0 atom stereocenters. The smallest absolute Gasteiger partial charge is 0.374 e. The lowest BCUT2D eigenvalue weighted by Crippen LogP contribution is -2.22. The Bertz CT molecular complexity index is 814. The molecule has 24 heavy (non-hydrogen) atoms. The summed E-state index contributed by atoms with van der Waals surface area (Å²) in [6.45, 7) is 2.83. The number of nitrogens with zero attached hydrogens (tertiary/aromatic N) is 1. The molecule has 0 saturated carbocycles. The van der Waals surface area contributed by atoms with Gasteiger partial charge in [0, 0.05) is 6.07 Å². The first-order valence-electron chi connectivity index (χ1n) is 6.76. The van der Waals surface area contributed by atoms with Gasteiger partial charge in [-0.05, 0) is 53.0 Å². The summed E-state index contributed by atoms with van der Waals surface area (Å²) in [5.74, 6) is -1.57. The molecule has 9 heteroatoms. The molecule has 0 unspecified atom stereocenters. The number of benzene rings is 1. The van der Waals surface area contributed by atoms with Crippen LogP contribution < -0.4 is 5.32 Å². The van der Waals surface area contributed by atoms with Gasteiger partial charge in [0.2, 0.25) is 5.76 Å². The minimum Gasteiger partial charge on any atom is -0.450 e. The lowest BCUT2D eigenvalue weighted by atomic mass is 10.1. The molecule has 1 aromatic heterocycles. The highest BCUT2D eigenvalue weighted by Crippen LogP contribution is 2.30. The van der Waals surface area contributed by atoms with Crippen molar-refractivity contribution in [2.24, 2.45) is 0 Å². The van der Waals surface area contributed by atoms with E-state index in [1.807, 2.05) is 0 Å². The number of carbonyl (C=O) groups is 2. The van der Waals surface area contributed by atoms with Crippen LogP contribution in [0.1, 0.15) is 21.7 Å². The summed E-state index contributed by atoms with van der Waals surface area (Å²) in [5, 5.41) is 13.5. The Morgan fingerprint density at radius 3 is 2.58 bits per heavy atom. The lowest BCUT2D eigenvalue weighted by Gasteiger charge is -2.11. The number of nitrogens with one attached hydrogen (secondary N) is 1. The molecule has 8 nitrogen and oxygen atoms in total. The molecule has 0 aliphatic rings. The van der Waals surface area contributed by atoms with Crippen LogP contribution in [-0.2, 0) is 9.53 Å². The molecule has 0 radical (unpaired) electrons. The van der Waals surface area contributed by atoms with Gasteiger partial charge >= 0.3 is 5.97 Å². The fourth-order valence-electron chi connectivity index (χ4n) is 1.91. The topological polar surface area (TPSA) is 112 Å². The second kappa shape index (κ2) is 7.26. The minimum absolute atomic E-state index is 0.0626. The average Bonchev–Trinajstić information content (AvgIpc) is 2.96. The summed E-state index contributed by atoms with van der Waals surface area (Å²) < 4.78 is 10.2. The first-order chi connectivity index (χ1) is 11.3. The van der Waals surface area contributed by atoms with Gasteiger partial charge < -0.3 is 14.5 Å². The largest absolute Gasteiger partial charge is 0.450 e. The normalized spacial score (nSPS) is 10.3. The number of halogens is 1. The molecule has 0 bridgehead atoms. The predicted octanol–water partition coefficient (Wildman–Crippen LogP) is 3.36. The van der Waals surface area contributed by atoms with E-state index < -0.39 is 23.4 Å². The number of ether oxygens (including phenoxy) is 1. The molecule has 126 valence electrons. The van der Waals surface area contributed by atoms with Crippen molar-refractivity contribution in [2.45, 2.75) is 13.8 Å². The number of aryl methyl sites for hydroxylation is 1. The van der Waals surface area contributed by atoms with Crippen LogP contribution in [0.25, 0.3) is 0 Å². The molecule has 0 spiro atoms. The Labute approximate surface area is 145 Å². The van der Waals surface area contributed by atoms with Crippen LogP contribution in [0.3, 0.4) is 0 Å². The van der Waals surface area contributed by atoms with Gasteiger partial charge in [0.1, 0.15) is 5.69 Å². The molecule has 1 aromatic carbocycles. The molecular weight excluding hydrogens is 384 g/mol. The first kappa shape index (κ1) is 17.7. The molecule has 0 aliphatic carbocycles. The molecule has 0 saturated heterocycles. The highest BCUT2D eigenvalue weighted by atomic mass is 79.9. The zero-order valence-electron chi connectivity index (χ0n) is 12.8. The van der Waals surface area contributed by atoms with Crippen molar-refractivity contribution in [3.63, 3.8) is 0 Å². The first-order valence-corrected chi connectivity index (χ1v) is 7.55. The summed E-state index contributed by atoms with van der Waals surface area (Å²) >= 11 is 3.04. The number of anilines is 1. The van der Waals surface area contributed by atoms with Crippen molar-refractivity contribution in [1.29, 1.82) is 0 Å². The standard InChI is InChI=1S/C15H13BrN2O6/c1-8-3-4-10(18(21)22)14(9(8)2)17-13(19)7-23-15(20)11-5-6-12(16)24-11/h3-6H,7H2,1-2H3,(H,17,19). The maximum absolute atomic E-state index is 11.9. The van der Waals surface area contributed by atoms with E-state index in [4.69, 9.17) is 9.15 Å². The van der Waals surface area contributed by atoms with Crippen molar-refractivity contribution in [3.8, 4) is 0 Å². The Hall–Kier alpha value is -2.68. The molecule has 1 amide bonds. The van der Waals surface area contributed by atoms with Gasteiger partial charge in [-0.3, -0.25) is 14.9 Å². The molecular formula is C15H13BrN2O6. The van der Waals surface area contributed by atoms with E-state index in [0.29, 0.717) is 10.2 Å². The van der Waals surface area contributed by atoms with Crippen LogP contribution in [0.2, 0.25) is 0 Å². The van der Waals surface area contributed by atoms with Gasteiger partial charge in [0.25, 0.3) is 11.6 Å². The third-order valence-corrected chi connectivity index (χ3v) is 3.71. The van der Waals surface area contributed by atoms with Crippen LogP contribution in [0.15, 0.2) is 33.4 Å². The van der Waals surface area contributed by atoms with E-state index in [9.17, 15) is 19.7 Å². The van der Waals surface area contributed by atoms with Gasteiger partial charge in [0.05, 0.1) is 4.92 Å². The maximum Gasteiger partial charge on any atom is 0.374 e. The summed E-state index contributed by atoms with van der Waals surface area (Å²) in [5.41, 5.74) is 1.21.